The summed E-state index contributed by atoms with van der Waals surface area (Å²) in [5.74, 6) is -1.18. The lowest BCUT2D eigenvalue weighted by atomic mass is 10.2. The molecule has 24 heavy (non-hydrogen) atoms. The van der Waals surface area contributed by atoms with Gasteiger partial charge in [0.25, 0.3) is 10.0 Å². The van der Waals surface area contributed by atoms with Gasteiger partial charge in [-0.25, -0.2) is 17.6 Å². The third-order valence-corrected chi connectivity index (χ3v) is 4.47. The molecule has 0 spiro atoms. The summed E-state index contributed by atoms with van der Waals surface area (Å²) in [6.07, 6.45) is 0. The summed E-state index contributed by atoms with van der Waals surface area (Å²) in [6, 6.07) is 8.89. The first kappa shape index (κ1) is 17.7. The van der Waals surface area contributed by atoms with Gasteiger partial charge in [0.05, 0.1) is 19.3 Å². The second kappa shape index (κ2) is 7.31. The van der Waals surface area contributed by atoms with Crippen LogP contribution in [0.15, 0.2) is 47.4 Å². The van der Waals surface area contributed by atoms with Crippen molar-refractivity contribution in [2.45, 2.75) is 11.8 Å². The van der Waals surface area contributed by atoms with Crippen LogP contribution in [0.1, 0.15) is 17.3 Å². The monoisotopic (exact) mass is 353 g/mol. The predicted octanol–water partition coefficient (Wildman–Crippen LogP) is 2.81. The molecule has 128 valence electrons. The summed E-state index contributed by atoms with van der Waals surface area (Å²) in [5, 5.41) is 0. The Kier molecular flexibility index (Phi) is 5.40. The topological polar surface area (TPSA) is 81.7 Å². The van der Waals surface area contributed by atoms with Crippen molar-refractivity contribution in [2.24, 2.45) is 0 Å². The molecular weight excluding hydrogens is 337 g/mol. The molecule has 8 heteroatoms. The smallest absolute Gasteiger partial charge is 0.338 e. The van der Waals surface area contributed by atoms with Crippen molar-refractivity contribution in [3.05, 3.63) is 53.8 Å². The van der Waals surface area contributed by atoms with Crippen LogP contribution in [-0.4, -0.2) is 28.1 Å². The predicted molar refractivity (Wildman–Crippen MR) is 86.2 cm³/mol. The zero-order valence-corrected chi connectivity index (χ0v) is 13.9. The Morgan fingerprint density at radius 2 is 1.83 bits per heavy atom. The van der Waals surface area contributed by atoms with Crippen LogP contribution < -0.4 is 9.46 Å². The molecule has 0 saturated heterocycles. The van der Waals surface area contributed by atoms with Crippen molar-refractivity contribution >= 4 is 21.7 Å². The molecule has 2 rings (SSSR count). The quantitative estimate of drug-likeness (QED) is 0.808. The lowest BCUT2D eigenvalue weighted by Gasteiger charge is -2.12. The average Bonchev–Trinajstić information content (AvgIpc) is 2.55. The van der Waals surface area contributed by atoms with Gasteiger partial charge in [0, 0.05) is 5.69 Å². The van der Waals surface area contributed by atoms with Crippen LogP contribution in [0.4, 0.5) is 10.1 Å². The zero-order valence-electron chi connectivity index (χ0n) is 13.1. The number of rotatable bonds is 6. The number of hydrogen-bond donors (Lipinski definition) is 1. The summed E-state index contributed by atoms with van der Waals surface area (Å²) >= 11 is 0. The maximum Gasteiger partial charge on any atom is 0.338 e. The minimum Gasteiger partial charge on any atom is -0.495 e. The van der Waals surface area contributed by atoms with E-state index in [1.54, 1.807) is 6.92 Å². The number of carbonyl (C=O) groups excluding carboxylic acids is 1. The number of carbonyl (C=O) groups is 1. The lowest BCUT2D eigenvalue weighted by molar-refractivity contribution is 0.0526. The fourth-order valence-corrected chi connectivity index (χ4v) is 3.20. The first-order chi connectivity index (χ1) is 11.4. The Labute approximate surface area is 139 Å². The van der Waals surface area contributed by atoms with Crippen molar-refractivity contribution in [3.8, 4) is 5.75 Å². The maximum absolute atomic E-state index is 13.4. The fraction of sp³-hybridized carbons (Fsp3) is 0.188. The highest BCUT2D eigenvalue weighted by atomic mass is 32.2. The zero-order chi connectivity index (χ0) is 17.7. The number of halogens is 1. The third-order valence-electron chi connectivity index (χ3n) is 3.06. The molecule has 0 radical (unpaired) electrons. The van der Waals surface area contributed by atoms with Crippen LogP contribution in [-0.2, 0) is 14.8 Å². The number of anilines is 1. The minimum absolute atomic E-state index is 0.0204. The second-order valence-corrected chi connectivity index (χ2v) is 6.35. The molecule has 0 fully saturated rings. The van der Waals surface area contributed by atoms with E-state index in [-0.39, 0.29) is 22.9 Å². The van der Waals surface area contributed by atoms with E-state index in [1.807, 2.05) is 0 Å². The standard InChI is InChI=1S/C16H16FNO5S/c1-3-23-16(19)11-4-7-13(8-5-11)18-24(20,21)15-10-12(17)6-9-14(15)22-2/h4-10,18H,3H2,1-2H3. The molecule has 0 unspecified atom stereocenters. The number of esters is 1. The maximum atomic E-state index is 13.4. The first-order valence-electron chi connectivity index (χ1n) is 7.01. The Bertz CT molecular complexity index is 834. The van der Waals surface area contributed by atoms with E-state index in [9.17, 15) is 17.6 Å². The van der Waals surface area contributed by atoms with Gasteiger partial charge in [-0.15, -0.1) is 0 Å². The van der Waals surface area contributed by atoms with Crippen LogP contribution in [0.5, 0.6) is 5.75 Å². The van der Waals surface area contributed by atoms with E-state index >= 15 is 0 Å². The number of nitrogens with one attached hydrogen (secondary N) is 1. The molecule has 1 N–H and O–H groups in total. The van der Waals surface area contributed by atoms with Gasteiger partial charge in [-0.2, -0.15) is 0 Å². The molecule has 0 atom stereocenters. The van der Waals surface area contributed by atoms with Crippen molar-refractivity contribution in [2.75, 3.05) is 18.4 Å². The Balaban J connectivity index is 2.27. The molecule has 0 bridgehead atoms. The van der Waals surface area contributed by atoms with Gasteiger partial charge in [-0.1, -0.05) is 0 Å². The number of ether oxygens (including phenoxy) is 2. The molecule has 0 amide bonds. The number of methoxy groups -OCH3 is 1. The molecule has 0 aliphatic heterocycles. The van der Waals surface area contributed by atoms with Gasteiger partial charge < -0.3 is 9.47 Å². The average molecular weight is 353 g/mol. The third kappa shape index (κ3) is 4.02. The number of hydrogen-bond acceptors (Lipinski definition) is 5. The van der Waals surface area contributed by atoms with Crippen LogP contribution in [0.2, 0.25) is 0 Å². The molecule has 0 aliphatic rings. The summed E-state index contributed by atoms with van der Waals surface area (Å²) in [5.41, 5.74) is 0.512. The molecular formula is C16H16FNO5S. The van der Waals surface area contributed by atoms with Gasteiger partial charge in [0.2, 0.25) is 0 Å². The van der Waals surface area contributed by atoms with Crippen molar-refractivity contribution in [1.29, 1.82) is 0 Å². The van der Waals surface area contributed by atoms with E-state index in [0.29, 0.717) is 5.56 Å². The van der Waals surface area contributed by atoms with E-state index in [4.69, 9.17) is 9.47 Å². The van der Waals surface area contributed by atoms with E-state index in [1.165, 1.54) is 37.4 Å². The fourth-order valence-electron chi connectivity index (χ4n) is 1.96. The van der Waals surface area contributed by atoms with E-state index in [0.717, 1.165) is 12.1 Å². The van der Waals surface area contributed by atoms with E-state index in [2.05, 4.69) is 4.72 Å². The highest BCUT2D eigenvalue weighted by Crippen LogP contribution is 2.26. The first-order valence-corrected chi connectivity index (χ1v) is 8.49. The van der Waals surface area contributed by atoms with Gasteiger partial charge in [0.1, 0.15) is 16.5 Å². The molecule has 0 saturated carbocycles. The largest absolute Gasteiger partial charge is 0.495 e. The SMILES string of the molecule is CCOC(=O)c1ccc(NS(=O)(=O)c2cc(F)ccc2OC)cc1. The highest BCUT2D eigenvalue weighted by Gasteiger charge is 2.20. The molecule has 6 nitrogen and oxygen atoms in total. The Hall–Kier alpha value is -2.61. The van der Waals surface area contributed by atoms with Crippen LogP contribution in [0.3, 0.4) is 0 Å². The van der Waals surface area contributed by atoms with Crippen LogP contribution in [0.25, 0.3) is 0 Å². The molecule has 2 aromatic carbocycles. The second-order valence-electron chi connectivity index (χ2n) is 4.70. The van der Waals surface area contributed by atoms with Gasteiger partial charge in [-0.05, 0) is 49.4 Å². The van der Waals surface area contributed by atoms with Gasteiger partial charge in [0.15, 0.2) is 0 Å². The lowest BCUT2D eigenvalue weighted by Crippen LogP contribution is -2.14. The van der Waals surface area contributed by atoms with Crippen LogP contribution >= 0.6 is 0 Å². The summed E-state index contributed by atoms with van der Waals surface area (Å²) in [6.45, 7) is 1.93. The number of sulfonamides is 1. The minimum atomic E-state index is -4.05. The van der Waals surface area contributed by atoms with Gasteiger partial charge in [-0.3, -0.25) is 4.72 Å². The van der Waals surface area contributed by atoms with E-state index < -0.39 is 21.8 Å². The molecule has 2 aromatic rings. The normalized spacial score (nSPS) is 11.0. The molecule has 0 aromatic heterocycles. The summed E-state index contributed by atoms with van der Waals surface area (Å²) in [4.78, 5) is 11.2. The number of benzene rings is 2. The Morgan fingerprint density at radius 3 is 2.42 bits per heavy atom. The van der Waals surface area contributed by atoms with Crippen molar-refractivity contribution in [1.82, 2.24) is 0 Å². The van der Waals surface area contributed by atoms with Crippen molar-refractivity contribution < 1.29 is 27.1 Å². The summed E-state index contributed by atoms with van der Waals surface area (Å²) < 4.78 is 50.3. The van der Waals surface area contributed by atoms with Crippen LogP contribution in [0, 0.1) is 5.82 Å². The van der Waals surface area contributed by atoms with Crippen molar-refractivity contribution in [3.63, 3.8) is 0 Å². The highest BCUT2D eigenvalue weighted by molar-refractivity contribution is 7.92. The van der Waals surface area contributed by atoms with Gasteiger partial charge >= 0.3 is 5.97 Å². The Morgan fingerprint density at radius 1 is 1.17 bits per heavy atom. The summed E-state index contributed by atoms with van der Waals surface area (Å²) in [7, 11) is -2.76. The molecule has 0 aliphatic carbocycles. The molecule has 0 heterocycles.